The third kappa shape index (κ3) is 2.06. The van der Waals surface area contributed by atoms with Crippen LogP contribution in [0.25, 0.3) is 0 Å². The zero-order valence-corrected chi connectivity index (χ0v) is 8.51. The summed E-state index contributed by atoms with van der Waals surface area (Å²) in [6.45, 7) is 2.61. The summed E-state index contributed by atoms with van der Waals surface area (Å²) >= 11 is 0. The van der Waals surface area contributed by atoms with Gasteiger partial charge >= 0.3 is 0 Å². The summed E-state index contributed by atoms with van der Waals surface area (Å²) < 4.78 is 10.7. The lowest BCUT2D eigenvalue weighted by atomic mass is 10.0. The molecule has 82 valence electrons. The molecule has 0 saturated carbocycles. The topological polar surface area (TPSA) is 58.9 Å². The average Bonchev–Trinajstić information content (AvgIpc) is 2.27. The number of fused-ring (bicyclic) bond motifs is 1. The van der Waals surface area contributed by atoms with Gasteiger partial charge in [-0.05, 0) is 24.6 Å². The van der Waals surface area contributed by atoms with E-state index in [-0.39, 0.29) is 0 Å². The predicted molar refractivity (Wildman–Crippen MR) is 54.1 cm³/mol. The molecule has 15 heavy (non-hydrogen) atoms. The van der Waals surface area contributed by atoms with Gasteiger partial charge < -0.3 is 19.7 Å². The number of benzene rings is 1. The van der Waals surface area contributed by atoms with Crippen LogP contribution in [-0.2, 0) is 0 Å². The second kappa shape index (κ2) is 4.08. The van der Waals surface area contributed by atoms with E-state index in [1.165, 1.54) is 0 Å². The molecule has 1 aliphatic rings. The predicted octanol–water partition coefficient (Wildman–Crippen LogP) is 0.872. The van der Waals surface area contributed by atoms with Gasteiger partial charge in [-0.25, -0.2) is 0 Å². The van der Waals surface area contributed by atoms with Crippen LogP contribution < -0.4 is 9.47 Å². The average molecular weight is 210 g/mol. The molecule has 2 N–H and O–H groups in total. The SMILES string of the molecule is CC(O)C(O)c1ccc2c(c1)OCCO2. The molecule has 1 aromatic rings. The first-order valence-electron chi connectivity index (χ1n) is 4.94. The summed E-state index contributed by atoms with van der Waals surface area (Å²) in [7, 11) is 0. The highest BCUT2D eigenvalue weighted by Gasteiger charge is 2.18. The molecule has 0 saturated heterocycles. The summed E-state index contributed by atoms with van der Waals surface area (Å²) in [6, 6.07) is 5.17. The van der Waals surface area contributed by atoms with Crippen LogP contribution in [-0.4, -0.2) is 29.5 Å². The lowest BCUT2D eigenvalue weighted by molar-refractivity contribution is 0.0302. The Kier molecular flexibility index (Phi) is 2.79. The maximum absolute atomic E-state index is 9.65. The van der Waals surface area contributed by atoms with Crippen LogP contribution in [0.1, 0.15) is 18.6 Å². The van der Waals surface area contributed by atoms with Gasteiger partial charge in [0.05, 0.1) is 6.10 Å². The van der Waals surface area contributed by atoms with Crippen molar-refractivity contribution >= 4 is 0 Å². The first kappa shape index (κ1) is 10.3. The van der Waals surface area contributed by atoms with Gasteiger partial charge in [0.1, 0.15) is 19.3 Å². The quantitative estimate of drug-likeness (QED) is 0.760. The number of aliphatic hydroxyl groups excluding tert-OH is 2. The van der Waals surface area contributed by atoms with Crippen molar-refractivity contribution in [1.29, 1.82) is 0 Å². The van der Waals surface area contributed by atoms with Crippen LogP contribution in [0.2, 0.25) is 0 Å². The summed E-state index contributed by atoms with van der Waals surface area (Å²) in [5.41, 5.74) is 0.634. The van der Waals surface area contributed by atoms with Crippen molar-refractivity contribution in [2.45, 2.75) is 19.1 Å². The van der Waals surface area contributed by atoms with Gasteiger partial charge in [0, 0.05) is 0 Å². The molecule has 4 nitrogen and oxygen atoms in total. The molecule has 0 fully saturated rings. The maximum Gasteiger partial charge on any atom is 0.161 e. The fourth-order valence-corrected chi connectivity index (χ4v) is 1.52. The van der Waals surface area contributed by atoms with E-state index in [1.54, 1.807) is 25.1 Å². The molecule has 2 atom stereocenters. The number of hydrogen-bond donors (Lipinski definition) is 2. The van der Waals surface area contributed by atoms with Crippen LogP contribution in [0.15, 0.2) is 18.2 Å². The van der Waals surface area contributed by atoms with E-state index in [0.29, 0.717) is 30.3 Å². The number of hydrogen-bond acceptors (Lipinski definition) is 4. The van der Waals surface area contributed by atoms with Crippen molar-refractivity contribution in [2.24, 2.45) is 0 Å². The monoisotopic (exact) mass is 210 g/mol. The first-order chi connectivity index (χ1) is 7.18. The fraction of sp³-hybridized carbons (Fsp3) is 0.455. The Labute approximate surface area is 88.1 Å². The van der Waals surface area contributed by atoms with E-state index in [1.807, 2.05) is 0 Å². The van der Waals surface area contributed by atoms with Crippen molar-refractivity contribution in [3.8, 4) is 11.5 Å². The van der Waals surface area contributed by atoms with E-state index in [0.717, 1.165) is 0 Å². The van der Waals surface area contributed by atoms with Gasteiger partial charge in [-0.1, -0.05) is 6.07 Å². The molecule has 1 aromatic carbocycles. The van der Waals surface area contributed by atoms with E-state index in [9.17, 15) is 10.2 Å². The highest BCUT2D eigenvalue weighted by Crippen LogP contribution is 2.33. The molecule has 0 aromatic heterocycles. The van der Waals surface area contributed by atoms with Crippen LogP contribution in [0, 0.1) is 0 Å². The van der Waals surface area contributed by atoms with E-state index >= 15 is 0 Å². The molecule has 4 heteroatoms. The van der Waals surface area contributed by atoms with Crippen molar-refractivity contribution in [1.82, 2.24) is 0 Å². The Hall–Kier alpha value is -1.26. The molecule has 0 bridgehead atoms. The Morgan fingerprint density at radius 2 is 1.80 bits per heavy atom. The van der Waals surface area contributed by atoms with E-state index in [2.05, 4.69) is 0 Å². The van der Waals surface area contributed by atoms with Crippen molar-refractivity contribution in [3.63, 3.8) is 0 Å². The van der Waals surface area contributed by atoms with Crippen LogP contribution >= 0.6 is 0 Å². The van der Waals surface area contributed by atoms with Crippen LogP contribution in [0.3, 0.4) is 0 Å². The number of rotatable bonds is 2. The van der Waals surface area contributed by atoms with Gasteiger partial charge in [0.15, 0.2) is 11.5 Å². The third-order valence-electron chi connectivity index (χ3n) is 2.36. The van der Waals surface area contributed by atoms with E-state index in [4.69, 9.17) is 9.47 Å². The van der Waals surface area contributed by atoms with E-state index < -0.39 is 12.2 Å². The second-order valence-corrected chi connectivity index (χ2v) is 3.59. The Balaban J connectivity index is 2.27. The lowest BCUT2D eigenvalue weighted by Crippen LogP contribution is -2.17. The Morgan fingerprint density at radius 1 is 1.13 bits per heavy atom. The van der Waals surface area contributed by atoms with Crippen molar-refractivity contribution in [3.05, 3.63) is 23.8 Å². The minimum Gasteiger partial charge on any atom is -0.486 e. The smallest absolute Gasteiger partial charge is 0.161 e. The summed E-state index contributed by atoms with van der Waals surface area (Å²) in [5.74, 6) is 1.31. The van der Waals surface area contributed by atoms with Gasteiger partial charge in [-0.2, -0.15) is 0 Å². The van der Waals surface area contributed by atoms with Crippen molar-refractivity contribution in [2.75, 3.05) is 13.2 Å². The standard InChI is InChI=1S/C11H14O4/c1-7(12)11(13)8-2-3-9-10(6-8)15-5-4-14-9/h2-3,6-7,11-13H,4-5H2,1H3. The fourth-order valence-electron chi connectivity index (χ4n) is 1.52. The highest BCUT2D eigenvalue weighted by atomic mass is 16.6. The normalized spacial score (nSPS) is 18.3. The summed E-state index contributed by atoms with van der Waals surface area (Å²) in [4.78, 5) is 0. The van der Waals surface area contributed by atoms with Gasteiger partial charge in [-0.3, -0.25) is 0 Å². The third-order valence-corrected chi connectivity index (χ3v) is 2.36. The molecule has 0 radical (unpaired) electrons. The molecule has 2 rings (SSSR count). The highest BCUT2D eigenvalue weighted by molar-refractivity contribution is 5.44. The van der Waals surface area contributed by atoms with Crippen LogP contribution in [0.4, 0.5) is 0 Å². The maximum atomic E-state index is 9.65. The molecular formula is C11H14O4. The number of aliphatic hydroxyl groups is 2. The Bertz CT molecular complexity index is 348. The zero-order chi connectivity index (χ0) is 10.8. The summed E-state index contributed by atoms with van der Waals surface area (Å²) in [6.07, 6.45) is -1.69. The molecule has 0 spiro atoms. The Morgan fingerprint density at radius 3 is 2.47 bits per heavy atom. The van der Waals surface area contributed by atoms with Gasteiger partial charge in [-0.15, -0.1) is 0 Å². The van der Waals surface area contributed by atoms with Gasteiger partial charge in [0.2, 0.25) is 0 Å². The second-order valence-electron chi connectivity index (χ2n) is 3.59. The van der Waals surface area contributed by atoms with Gasteiger partial charge in [0.25, 0.3) is 0 Å². The molecule has 0 aliphatic carbocycles. The molecule has 2 unspecified atom stereocenters. The number of ether oxygens (including phenoxy) is 2. The van der Waals surface area contributed by atoms with Crippen LogP contribution in [0.5, 0.6) is 11.5 Å². The first-order valence-corrected chi connectivity index (χ1v) is 4.94. The largest absolute Gasteiger partial charge is 0.486 e. The van der Waals surface area contributed by atoms with Crippen molar-refractivity contribution < 1.29 is 19.7 Å². The lowest BCUT2D eigenvalue weighted by Gasteiger charge is -2.21. The minimum absolute atomic E-state index is 0.515. The zero-order valence-electron chi connectivity index (χ0n) is 8.51. The molecule has 1 aliphatic heterocycles. The molecule has 0 amide bonds. The summed E-state index contributed by atoms with van der Waals surface area (Å²) in [5, 5.41) is 18.9. The molecular weight excluding hydrogens is 196 g/mol. The molecule has 1 heterocycles. The minimum atomic E-state index is -0.888.